The molecule has 2 aromatic rings. The first-order valence-electron chi connectivity index (χ1n) is 6.21. The van der Waals surface area contributed by atoms with Crippen molar-refractivity contribution in [3.8, 4) is 0 Å². The molecule has 0 aliphatic heterocycles. The summed E-state index contributed by atoms with van der Waals surface area (Å²) in [5.74, 6) is 0.854. The number of pyridine rings is 1. The molecule has 0 radical (unpaired) electrons. The number of benzene rings is 1. The summed E-state index contributed by atoms with van der Waals surface area (Å²) in [6.45, 7) is 1.07. The molecule has 0 spiro atoms. The van der Waals surface area contributed by atoms with E-state index in [1.807, 2.05) is 30.5 Å². The first-order chi connectivity index (χ1) is 8.33. The molecule has 1 saturated carbocycles. The van der Waals surface area contributed by atoms with Crippen LogP contribution in [0.5, 0.6) is 0 Å². The van der Waals surface area contributed by atoms with Gasteiger partial charge in [-0.15, -0.1) is 0 Å². The van der Waals surface area contributed by atoms with Crippen molar-refractivity contribution in [3.63, 3.8) is 0 Å². The summed E-state index contributed by atoms with van der Waals surface area (Å²) in [6.07, 6.45) is 5.96. The number of anilines is 2. The largest absolute Gasteiger partial charge is 0.399 e. The van der Waals surface area contributed by atoms with E-state index < -0.39 is 0 Å². The molecule has 3 nitrogen and oxygen atoms in total. The van der Waals surface area contributed by atoms with Crippen LogP contribution in [0.25, 0.3) is 10.9 Å². The quantitative estimate of drug-likeness (QED) is 0.792. The molecule has 3 heteroatoms. The molecule has 1 heterocycles. The van der Waals surface area contributed by atoms with Gasteiger partial charge < -0.3 is 11.1 Å². The fourth-order valence-corrected chi connectivity index (χ4v) is 2.27. The Morgan fingerprint density at radius 1 is 1.29 bits per heavy atom. The van der Waals surface area contributed by atoms with Crippen molar-refractivity contribution in [1.82, 2.24) is 4.98 Å². The van der Waals surface area contributed by atoms with E-state index in [9.17, 15) is 0 Å². The van der Waals surface area contributed by atoms with Gasteiger partial charge in [0.05, 0.1) is 5.52 Å². The van der Waals surface area contributed by atoms with E-state index >= 15 is 0 Å². The SMILES string of the molecule is Nc1ccc2c(NCC3CCC3)ccnc2c1. The minimum absolute atomic E-state index is 0.765. The number of nitrogens with one attached hydrogen (secondary N) is 1. The van der Waals surface area contributed by atoms with E-state index in [0.717, 1.165) is 29.1 Å². The van der Waals surface area contributed by atoms with Gasteiger partial charge in [-0.05, 0) is 43.0 Å². The molecule has 0 atom stereocenters. The molecule has 0 bridgehead atoms. The zero-order chi connectivity index (χ0) is 11.7. The average Bonchev–Trinajstić information content (AvgIpc) is 2.26. The van der Waals surface area contributed by atoms with Crippen LogP contribution in [-0.2, 0) is 0 Å². The number of nitrogen functional groups attached to an aromatic ring is 1. The summed E-state index contributed by atoms with van der Waals surface area (Å²) in [7, 11) is 0. The molecular formula is C14H17N3. The van der Waals surface area contributed by atoms with Gasteiger partial charge in [0.25, 0.3) is 0 Å². The molecule has 1 aromatic heterocycles. The summed E-state index contributed by atoms with van der Waals surface area (Å²) in [4.78, 5) is 4.34. The number of nitrogens with zero attached hydrogens (tertiary/aromatic N) is 1. The Labute approximate surface area is 101 Å². The standard InChI is InChI=1S/C14H17N3/c15-11-4-5-12-13(6-7-16-14(12)8-11)17-9-10-2-1-3-10/h4-8,10H,1-3,9,15H2,(H,16,17). The smallest absolute Gasteiger partial charge is 0.0743 e. The second-order valence-electron chi connectivity index (χ2n) is 4.81. The van der Waals surface area contributed by atoms with Crippen LogP contribution in [0.1, 0.15) is 19.3 Å². The van der Waals surface area contributed by atoms with Gasteiger partial charge in [-0.1, -0.05) is 6.42 Å². The van der Waals surface area contributed by atoms with E-state index in [2.05, 4.69) is 10.3 Å². The molecular weight excluding hydrogens is 210 g/mol. The minimum Gasteiger partial charge on any atom is -0.399 e. The van der Waals surface area contributed by atoms with Gasteiger partial charge in [-0.25, -0.2) is 0 Å². The number of nitrogens with two attached hydrogens (primary N) is 1. The molecule has 88 valence electrons. The molecule has 0 amide bonds. The summed E-state index contributed by atoms with van der Waals surface area (Å²) >= 11 is 0. The van der Waals surface area contributed by atoms with Gasteiger partial charge in [0.15, 0.2) is 0 Å². The van der Waals surface area contributed by atoms with Crippen molar-refractivity contribution in [2.45, 2.75) is 19.3 Å². The molecule has 1 aliphatic rings. The van der Waals surface area contributed by atoms with Crippen molar-refractivity contribution in [1.29, 1.82) is 0 Å². The summed E-state index contributed by atoms with van der Waals surface area (Å²) < 4.78 is 0. The fraction of sp³-hybridized carbons (Fsp3) is 0.357. The molecule has 1 aliphatic carbocycles. The van der Waals surface area contributed by atoms with Crippen molar-refractivity contribution >= 4 is 22.3 Å². The highest BCUT2D eigenvalue weighted by Crippen LogP contribution is 2.28. The topological polar surface area (TPSA) is 50.9 Å². The third-order valence-electron chi connectivity index (χ3n) is 3.57. The lowest BCUT2D eigenvalue weighted by Gasteiger charge is -2.26. The Morgan fingerprint density at radius 2 is 2.18 bits per heavy atom. The second-order valence-corrected chi connectivity index (χ2v) is 4.81. The lowest BCUT2D eigenvalue weighted by Crippen LogP contribution is -2.20. The highest BCUT2D eigenvalue weighted by Gasteiger charge is 2.16. The first-order valence-corrected chi connectivity index (χ1v) is 6.21. The Kier molecular flexibility index (Phi) is 2.59. The maximum Gasteiger partial charge on any atom is 0.0743 e. The normalized spacial score (nSPS) is 15.8. The maximum atomic E-state index is 5.77. The number of fused-ring (bicyclic) bond motifs is 1. The van der Waals surface area contributed by atoms with Gasteiger partial charge in [0, 0.05) is 29.5 Å². The van der Waals surface area contributed by atoms with Gasteiger partial charge in [-0.3, -0.25) is 4.98 Å². The van der Waals surface area contributed by atoms with Crippen LogP contribution in [0.4, 0.5) is 11.4 Å². The van der Waals surface area contributed by atoms with E-state index in [-0.39, 0.29) is 0 Å². The van der Waals surface area contributed by atoms with Crippen LogP contribution in [0.15, 0.2) is 30.5 Å². The Balaban J connectivity index is 1.87. The molecule has 3 rings (SSSR count). The lowest BCUT2D eigenvalue weighted by molar-refractivity contribution is 0.333. The Hall–Kier alpha value is -1.77. The zero-order valence-electron chi connectivity index (χ0n) is 9.82. The van der Waals surface area contributed by atoms with Crippen LogP contribution in [-0.4, -0.2) is 11.5 Å². The van der Waals surface area contributed by atoms with Gasteiger partial charge >= 0.3 is 0 Å². The number of rotatable bonds is 3. The van der Waals surface area contributed by atoms with E-state index in [4.69, 9.17) is 5.73 Å². The van der Waals surface area contributed by atoms with E-state index in [1.165, 1.54) is 24.9 Å². The number of aromatic nitrogens is 1. The molecule has 0 unspecified atom stereocenters. The molecule has 17 heavy (non-hydrogen) atoms. The average molecular weight is 227 g/mol. The number of hydrogen-bond donors (Lipinski definition) is 2. The Bertz CT molecular complexity index is 532. The first kappa shape index (κ1) is 10.4. The molecule has 1 aromatic carbocycles. The highest BCUT2D eigenvalue weighted by molar-refractivity contribution is 5.92. The monoisotopic (exact) mass is 227 g/mol. The maximum absolute atomic E-state index is 5.77. The molecule has 1 fully saturated rings. The van der Waals surface area contributed by atoms with E-state index in [0.29, 0.717) is 0 Å². The van der Waals surface area contributed by atoms with Crippen LogP contribution in [0.2, 0.25) is 0 Å². The van der Waals surface area contributed by atoms with Crippen molar-refractivity contribution < 1.29 is 0 Å². The highest BCUT2D eigenvalue weighted by atomic mass is 14.9. The summed E-state index contributed by atoms with van der Waals surface area (Å²) in [5.41, 5.74) is 8.66. The van der Waals surface area contributed by atoms with Gasteiger partial charge in [0.2, 0.25) is 0 Å². The predicted molar refractivity (Wildman–Crippen MR) is 72.0 cm³/mol. The predicted octanol–water partition coefficient (Wildman–Crippen LogP) is 3.03. The van der Waals surface area contributed by atoms with Crippen molar-refractivity contribution in [2.75, 3.05) is 17.6 Å². The third-order valence-corrected chi connectivity index (χ3v) is 3.57. The van der Waals surface area contributed by atoms with Crippen LogP contribution in [0.3, 0.4) is 0 Å². The zero-order valence-corrected chi connectivity index (χ0v) is 9.82. The molecule has 0 saturated heterocycles. The summed E-state index contributed by atoms with van der Waals surface area (Å²) in [5, 5.41) is 4.68. The molecule has 3 N–H and O–H groups in total. The second kappa shape index (κ2) is 4.24. The Morgan fingerprint density at radius 3 is 2.94 bits per heavy atom. The fourth-order valence-electron chi connectivity index (χ4n) is 2.27. The van der Waals surface area contributed by atoms with Crippen molar-refractivity contribution in [2.24, 2.45) is 5.92 Å². The minimum atomic E-state index is 0.765. The lowest BCUT2D eigenvalue weighted by atomic mass is 9.85. The van der Waals surface area contributed by atoms with Crippen LogP contribution in [0, 0.1) is 5.92 Å². The van der Waals surface area contributed by atoms with Gasteiger partial charge in [0.1, 0.15) is 0 Å². The summed E-state index contributed by atoms with van der Waals surface area (Å²) in [6, 6.07) is 7.93. The number of hydrogen-bond acceptors (Lipinski definition) is 3. The van der Waals surface area contributed by atoms with E-state index in [1.54, 1.807) is 0 Å². The van der Waals surface area contributed by atoms with Gasteiger partial charge in [-0.2, -0.15) is 0 Å². The van der Waals surface area contributed by atoms with Crippen LogP contribution < -0.4 is 11.1 Å². The third kappa shape index (κ3) is 2.05. The van der Waals surface area contributed by atoms with Crippen molar-refractivity contribution in [3.05, 3.63) is 30.5 Å². The van der Waals surface area contributed by atoms with Crippen LogP contribution >= 0.6 is 0 Å².